The number of aromatic nitrogens is 4. The van der Waals surface area contributed by atoms with Crippen molar-refractivity contribution in [3.05, 3.63) is 45.9 Å². The summed E-state index contributed by atoms with van der Waals surface area (Å²) < 4.78 is 39.9. The van der Waals surface area contributed by atoms with E-state index in [0.717, 1.165) is 37.8 Å². The molecule has 2 atom stereocenters. The normalized spacial score (nSPS) is 21.5. The quantitative estimate of drug-likeness (QED) is 0.612. The lowest BCUT2D eigenvalue weighted by Crippen LogP contribution is -2.29. The topological polar surface area (TPSA) is 54.8 Å². The molecule has 1 fully saturated rings. The Morgan fingerprint density at radius 2 is 1.83 bits per heavy atom. The van der Waals surface area contributed by atoms with E-state index in [9.17, 15) is 13.2 Å². The number of hydrogen-bond acceptors (Lipinski definition) is 5. The fourth-order valence-corrected chi connectivity index (χ4v) is 4.05. The first-order valence-corrected chi connectivity index (χ1v) is 10.2. The maximum Gasteiger partial charge on any atom is 0.395 e. The van der Waals surface area contributed by atoms with Crippen molar-refractivity contribution in [3.8, 4) is 0 Å². The van der Waals surface area contributed by atoms with Gasteiger partial charge in [0.1, 0.15) is 11.0 Å². The van der Waals surface area contributed by atoms with Crippen LogP contribution < -0.4 is 4.90 Å². The van der Waals surface area contributed by atoms with Crippen LogP contribution in [-0.2, 0) is 0 Å². The highest BCUT2D eigenvalue weighted by Gasteiger charge is 2.44. The average molecular weight is 436 g/mol. The zero-order chi connectivity index (χ0) is 21.5. The second-order valence-corrected chi connectivity index (χ2v) is 8.00. The number of hydrogen-bond donors (Lipinski definition) is 0. The van der Waals surface area contributed by atoms with E-state index in [0.29, 0.717) is 33.8 Å². The molecule has 0 radical (unpaired) electrons. The zero-order valence-corrected chi connectivity index (χ0v) is 17.4. The van der Waals surface area contributed by atoms with Gasteiger partial charge in [0.15, 0.2) is 5.82 Å². The number of aryl methyl sites for hydroxylation is 1. The van der Waals surface area contributed by atoms with Crippen LogP contribution >= 0.6 is 11.6 Å². The molecule has 2 aliphatic rings. The Morgan fingerprint density at radius 1 is 1.10 bits per heavy atom. The molecule has 0 N–H and O–H groups in total. The maximum atomic E-state index is 13.3. The van der Waals surface area contributed by atoms with Crippen molar-refractivity contribution >= 4 is 35.6 Å². The lowest BCUT2D eigenvalue weighted by molar-refractivity contribution is -0.166. The smallest absolute Gasteiger partial charge is 0.356 e. The van der Waals surface area contributed by atoms with Gasteiger partial charge in [0.05, 0.1) is 28.7 Å². The van der Waals surface area contributed by atoms with E-state index in [1.54, 1.807) is 25.1 Å². The molecule has 0 bridgehead atoms. The van der Waals surface area contributed by atoms with Crippen molar-refractivity contribution in [2.75, 3.05) is 18.0 Å². The number of nitrogens with zero attached hydrogens (tertiary/aromatic N) is 5. The van der Waals surface area contributed by atoms with Gasteiger partial charge in [-0.2, -0.15) is 13.2 Å². The molecule has 1 aliphatic carbocycles. The summed E-state index contributed by atoms with van der Waals surface area (Å²) in [4.78, 5) is 19.9. The molecule has 5 nitrogen and oxygen atoms in total. The molecule has 2 aromatic heterocycles. The van der Waals surface area contributed by atoms with Crippen molar-refractivity contribution in [3.63, 3.8) is 0 Å². The number of fused-ring (bicyclic) bond motifs is 1. The SMILES string of the molecule is Cc1nc2c(nc1C=Cc1nc(Cl)cc(N3CCCC3)n1)C(C)C(C(F)(F)F)C=C2. The first-order valence-electron chi connectivity index (χ1n) is 9.83. The van der Waals surface area contributed by atoms with Gasteiger partial charge >= 0.3 is 6.18 Å². The van der Waals surface area contributed by atoms with Gasteiger partial charge in [-0.25, -0.2) is 19.9 Å². The number of halogens is 4. The maximum absolute atomic E-state index is 13.3. The average Bonchev–Trinajstić information content (AvgIpc) is 3.20. The Kier molecular flexibility index (Phi) is 5.53. The Bertz CT molecular complexity index is 1010. The fraction of sp³-hybridized carbons (Fsp3) is 0.429. The summed E-state index contributed by atoms with van der Waals surface area (Å²) in [5.41, 5.74) is 1.93. The van der Waals surface area contributed by atoms with Crippen LogP contribution in [0, 0.1) is 12.8 Å². The number of alkyl halides is 3. The minimum absolute atomic E-state index is 0.339. The van der Waals surface area contributed by atoms with Crippen molar-refractivity contribution in [2.24, 2.45) is 5.92 Å². The van der Waals surface area contributed by atoms with Crippen molar-refractivity contribution in [2.45, 2.75) is 38.8 Å². The third kappa shape index (κ3) is 4.19. The van der Waals surface area contributed by atoms with Crippen LogP contribution in [0.4, 0.5) is 19.0 Å². The monoisotopic (exact) mass is 435 g/mol. The molecule has 3 heterocycles. The molecular weight excluding hydrogens is 415 g/mol. The van der Waals surface area contributed by atoms with Crippen LogP contribution in [0.3, 0.4) is 0 Å². The summed E-state index contributed by atoms with van der Waals surface area (Å²) in [5.74, 6) is -1.19. The second kappa shape index (κ2) is 7.98. The van der Waals surface area contributed by atoms with E-state index in [1.807, 2.05) is 0 Å². The van der Waals surface area contributed by atoms with Crippen molar-refractivity contribution < 1.29 is 13.2 Å². The van der Waals surface area contributed by atoms with E-state index in [2.05, 4.69) is 24.8 Å². The third-order valence-corrected chi connectivity index (χ3v) is 5.68. The van der Waals surface area contributed by atoms with E-state index >= 15 is 0 Å². The second-order valence-electron chi connectivity index (χ2n) is 7.61. The van der Waals surface area contributed by atoms with E-state index in [-0.39, 0.29) is 0 Å². The number of rotatable bonds is 3. The van der Waals surface area contributed by atoms with E-state index < -0.39 is 18.0 Å². The Labute approximate surface area is 177 Å². The first-order chi connectivity index (χ1) is 14.2. The number of allylic oxidation sites excluding steroid dienone is 1. The molecule has 1 aliphatic heterocycles. The minimum atomic E-state index is -4.32. The molecule has 0 saturated carbocycles. The predicted molar refractivity (Wildman–Crippen MR) is 111 cm³/mol. The molecular formula is C21H21ClF3N5. The van der Waals surface area contributed by atoms with E-state index in [1.165, 1.54) is 13.0 Å². The molecule has 0 spiro atoms. The van der Waals surface area contributed by atoms with Gasteiger partial charge in [0.25, 0.3) is 0 Å². The van der Waals surface area contributed by atoms with Gasteiger partial charge in [-0.1, -0.05) is 24.6 Å². The van der Waals surface area contributed by atoms with Gasteiger partial charge < -0.3 is 4.90 Å². The summed E-state index contributed by atoms with van der Waals surface area (Å²) in [5, 5.41) is 0.339. The van der Waals surface area contributed by atoms with E-state index in [4.69, 9.17) is 11.6 Å². The van der Waals surface area contributed by atoms with Gasteiger partial charge in [0.2, 0.25) is 0 Å². The predicted octanol–water partition coefficient (Wildman–Crippen LogP) is 5.31. The molecule has 30 heavy (non-hydrogen) atoms. The molecule has 158 valence electrons. The van der Waals surface area contributed by atoms with Crippen LogP contribution in [-0.4, -0.2) is 39.2 Å². The number of anilines is 1. The van der Waals surface area contributed by atoms with Crippen LogP contribution in [0.5, 0.6) is 0 Å². The van der Waals surface area contributed by atoms with Crippen molar-refractivity contribution in [1.82, 2.24) is 19.9 Å². The van der Waals surface area contributed by atoms with Gasteiger partial charge in [-0.3, -0.25) is 0 Å². The standard InChI is InChI=1S/C21H21ClF3N5/c1-12-14(21(23,24)25)5-6-16-20(12)27-15(13(2)26-16)7-8-18-28-17(22)11-19(29-18)30-9-3-4-10-30/h5-8,11-12,14H,3-4,9-10H2,1-2H3. The summed E-state index contributed by atoms with van der Waals surface area (Å²) >= 11 is 6.16. The molecule has 9 heteroatoms. The Morgan fingerprint density at radius 3 is 2.53 bits per heavy atom. The highest BCUT2D eigenvalue weighted by molar-refractivity contribution is 6.29. The first kappa shape index (κ1) is 20.8. The summed E-state index contributed by atoms with van der Waals surface area (Å²) in [6.45, 7) is 5.16. The summed E-state index contributed by atoms with van der Waals surface area (Å²) in [6, 6.07) is 1.74. The van der Waals surface area contributed by atoms with Gasteiger partial charge in [-0.15, -0.1) is 0 Å². The van der Waals surface area contributed by atoms with Crippen LogP contribution in [0.25, 0.3) is 18.2 Å². The van der Waals surface area contributed by atoms with Gasteiger partial charge in [0, 0.05) is 25.1 Å². The van der Waals surface area contributed by atoms with Crippen LogP contribution in [0.1, 0.15) is 54.3 Å². The molecule has 0 aromatic carbocycles. The van der Waals surface area contributed by atoms with Crippen molar-refractivity contribution in [1.29, 1.82) is 0 Å². The minimum Gasteiger partial charge on any atom is -0.356 e. The highest BCUT2D eigenvalue weighted by atomic mass is 35.5. The third-order valence-electron chi connectivity index (χ3n) is 5.49. The molecule has 2 aromatic rings. The molecule has 2 unspecified atom stereocenters. The zero-order valence-electron chi connectivity index (χ0n) is 16.6. The molecule has 1 saturated heterocycles. The Hall–Kier alpha value is -2.48. The van der Waals surface area contributed by atoms with Crippen LogP contribution in [0.15, 0.2) is 12.1 Å². The summed E-state index contributed by atoms with van der Waals surface area (Å²) in [7, 11) is 0. The lowest BCUT2D eigenvalue weighted by atomic mass is 9.85. The largest absolute Gasteiger partial charge is 0.395 e. The highest BCUT2D eigenvalue weighted by Crippen LogP contribution is 2.42. The lowest BCUT2D eigenvalue weighted by Gasteiger charge is -2.27. The fourth-order valence-electron chi connectivity index (χ4n) is 3.86. The van der Waals surface area contributed by atoms with Gasteiger partial charge in [-0.05, 0) is 38.0 Å². The Balaban J connectivity index is 1.64. The molecule has 0 amide bonds. The van der Waals surface area contributed by atoms with Crippen LogP contribution in [0.2, 0.25) is 5.15 Å². The molecule has 4 rings (SSSR count). The summed E-state index contributed by atoms with van der Waals surface area (Å²) in [6.07, 6.45) is 3.82.